The summed E-state index contributed by atoms with van der Waals surface area (Å²) in [5.41, 5.74) is 1.39. The molecule has 0 spiro atoms. The molecule has 0 bridgehead atoms. The highest BCUT2D eigenvalue weighted by molar-refractivity contribution is 5.96. The summed E-state index contributed by atoms with van der Waals surface area (Å²) in [5.74, 6) is 0.261. The van der Waals surface area contributed by atoms with Crippen molar-refractivity contribution in [1.29, 1.82) is 0 Å². The molecule has 1 aliphatic carbocycles. The molecule has 2 fully saturated rings. The van der Waals surface area contributed by atoms with E-state index < -0.39 is 6.10 Å². The van der Waals surface area contributed by atoms with Crippen molar-refractivity contribution in [3.63, 3.8) is 0 Å². The smallest absolute Gasteiger partial charge is 0.254 e. The zero-order chi connectivity index (χ0) is 21.5. The van der Waals surface area contributed by atoms with E-state index in [2.05, 4.69) is 5.32 Å². The molecule has 1 N–H and O–H groups in total. The average molecular weight is 421 g/mol. The van der Waals surface area contributed by atoms with Gasteiger partial charge in [-0.1, -0.05) is 6.07 Å². The largest absolute Gasteiger partial charge is 0.493 e. The number of hydrogen-bond donors (Lipinski definition) is 1. The second-order valence-electron chi connectivity index (χ2n) is 7.62. The Morgan fingerprint density at radius 1 is 1.27 bits per heavy atom. The van der Waals surface area contributed by atoms with Crippen LogP contribution in [0.3, 0.4) is 0 Å². The van der Waals surface area contributed by atoms with Gasteiger partial charge in [0.1, 0.15) is 5.75 Å². The third-order valence-electron chi connectivity index (χ3n) is 5.41. The summed E-state index contributed by atoms with van der Waals surface area (Å²) in [5, 5.41) is 2.65. The number of amides is 2. The van der Waals surface area contributed by atoms with Gasteiger partial charge in [0.25, 0.3) is 11.8 Å². The Morgan fingerprint density at radius 3 is 2.70 bits per heavy atom. The topological polar surface area (TPSA) is 86.3 Å². The summed E-state index contributed by atoms with van der Waals surface area (Å²) in [7, 11) is 3.23. The fourth-order valence-corrected chi connectivity index (χ4v) is 3.62. The minimum atomic E-state index is -0.559. The van der Waals surface area contributed by atoms with Gasteiger partial charge in [-0.25, -0.2) is 0 Å². The molecular formula is C22H32N2O6. The Bertz CT molecular complexity index is 730. The monoisotopic (exact) mass is 420 g/mol. The summed E-state index contributed by atoms with van der Waals surface area (Å²) in [6, 6.07) is 5.55. The Balaban J connectivity index is 1.80. The summed E-state index contributed by atoms with van der Waals surface area (Å²) < 4.78 is 22.0. The van der Waals surface area contributed by atoms with Gasteiger partial charge in [-0.2, -0.15) is 0 Å². The van der Waals surface area contributed by atoms with Gasteiger partial charge in [0.2, 0.25) is 0 Å². The first-order chi connectivity index (χ1) is 14.6. The fourth-order valence-electron chi connectivity index (χ4n) is 3.62. The number of methoxy groups -OCH3 is 1. The van der Waals surface area contributed by atoms with Crippen LogP contribution < -0.4 is 10.1 Å². The van der Waals surface area contributed by atoms with Crippen molar-refractivity contribution >= 4 is 11.8 Å². The molecule has 0 aromatic heterocycles. The molecule has 1 saturated carbocycles. The van der Waals surface area contributed by atoms with Crippen LogP contribution in [0.5, 0.6) is 5.75 Å². The molecule has 1 saturated heterocycles. The zero-order valence-corrected chi connectivity index (χ0v) is 18.0. The van der Waals surface area contributed by atoms with Crippen LogP contribution in [0.4, 0.5) is 0 Å². The van der Waals surface area contributed by atoms with Crippen molar-refractivity contribution < 1.29 is 28.5 Å². The standard InChI is InChI=1S/C22H32N2O6/c1-15(24(17-6-7-17)22(26)20-14-28-11-12-30-20)16-5-8-18(21(25)23-2)19(13-16)29-10-4-9-27-3/h5,8,13,15,17,20H,4,6-7,9-12,14H2,1-3H3,(H,23,25)/t15?,20-/m1/s1. The van der Waals surface area contributed by atoms with E-state index in [4.69, 9.17) is 18.9 Å². The quantitative estimate of drug-likeness (QED) is 0.582. The maximum atomic E-state index is 13.2. The zero-order valence-electron chi connectivity index (χ0n) is 18.0. The molecule has 1 heterocycles. The van der Waals surface area contributed by atoms with Crippen LogP contribution in [0.25, 0.3) is 0 Å². The molecule has 2 atom stereocenters. The molecule has 1 aromatic rings. The third kappa shape index (κ3) is 5.50. The van der Waals surface area contributed by atoms with Gasteiger partial charge in [0, 0.05) is 33.2 Å². The Kier molecular flexibility index (Phi) is 8.07. The molecule has 0 radical (unpaired) electrons. The van der Waals surface area contributed by atoms with Gasteiger partial charge < -0.3 is 29.2 Å². The minimum absolute atomic E-state index is 0.0392. The first-order valence-corrected chi connectivity index (χ1v) is 10.6. The molecule has 30 heavy (non-hydrogen) atoms. The predicted octanol–water partition coefficient (Wildman–Crippen LogP) is 1.93. The number of ether oxygens (including phenoxy) is 4. The maximum absolute atomic E-state index is 13.2. The van der Waals surface area contributed by atoms with E-state index in [9.17, 15) is 9.59 Å². The van der Waals surface area contributed by atoms with E-state index in [1.165, 1.54) is 0 Å². The molecule has 166 valence electrons. The summed E-state index contributed by atoms with van der Waals surface area (Å²) in [6.45, 7) is 4.27. The van der Waals surface area contributed by atoms with Crippen molar-refractivity contribution in [1.82, 2.24) is 10.2 Å². The molecule has 1 unspecified atom stereocenters. The Hall–Kier alpha value is -2.16. The molecule has 3 rings (SSSR count). The van der Waals surface area contributed by atoms with E-state index in [0.717, 1.165) is 24.8 Å². The molecule has 8 heteroatoms. The Labute approximate surface area is 177 Å². The molecule has 1 aliphatic heterocycles. The van der Waals surface area contributed by atoms with Crippen molar-refractivity contribution in [3.8, 4) is 5.75 Å². The summed E-state index contributed by atoms with van der Waals surface area (Å²) in [6.07, 6.45) is 2.13. The number of nitrogens with zero attached hydrogens (tertiary/aromatic N) is 1. The van der Waals surface area contributed by atoms with Crippen molar-refractivity contribution in [2.24, 2.45) is 0 Å². The van der Waals surface area contributed by atoms with Crippen LogP contribution in [-0.2, 0) is 19.0 Å². The lowest BCUT2D eigenvalue weighted by molar-refractivity contribution is -0.160. The molecular weight excluding hydrogens is 388 g/mol. The lowest BCUT2D eigenvalue weighted by Crippen LogP contribution is -2.47. The molecule has 8 nitrogen and oxygen atoms in total. The van der Waals surface area contributed by atoms with Crippen molar-refractivity contribution in [3.05, 3.63) is 29.3 Å². The van der Waals surface area contributed by atoms with Crippen LogP contribution in [-0.4, -0.2) is 76.1 Å². The SMILES string of the molecule is CNC(=O)c1ccc(C(C)N(C(=O)[C@H]2COCCO2)C2CC2)cc1OCCCOC. The van der Waals surface area contributed by atoms with Crippen LogP contribution in [0.1, 0.15) is 48.1 Å². The van der Waals surface area contributed by atoms with E-state index >= 15 is 0 Å². The van der Waals surface area contributed by atoms with Gasteiger partial charge >= 0.3 is 0 Å². The van der Waals surface area contributed by atoms with E-state index in [1.807, 2.05) is 24.0 Å². The number of hydrogen-bond acceptors (Lipinski definition) is 6. The third-order valence-corrected chi connectivity index (χ3v) is 5.41. The van der Waals surface area contributed by atoms with Gasteiger partial charge in [-0.15, -0.1) is 0 Å². The Morgan fingerprint density at radius 2 is 2.07 bits per heavy atom. The van der Waals surface area contributed by atoms with E-state index in [0.29, 0.717) is 37.7 Å². The van der Waals surface area contributed by atoms with Crippen molar-refractivity contribution in [2.45, 2.75) is 44.4 Å². The number of rotatable bonds is 10. The summed E-state index contributed by atoms with van der Waals surface area (Å²) in [4.78, 5) is 27.3. The lowest BCUT2D eigenvalue weighted by Gasteiger charge is -2.34. The van der Waals surface area contributed by atoms with Gasteiger partial charge in [0.05, 0.1) is 38.0 Å². The highest BCUT2D eigenvalue weighted by atomic mass is 16.6. The predicted molar refractivity (Wildman–Crippen MR) is 111 cm³/mol. The van der Waals surface area contributed by atoms with Gasteiger partial charge in [-0.3, -0.25) is 9.59 Å². The second-order valence-corrected chi connectivity index (χ2v) is 7.62. The first-order valence-electron chi connectivity index (χ1n) is 10.6. The van der Waals surface area contributed by atoms with E-state index in [1.54, 1.807) is 20.2 Å². The number of benzene rings is 1. The molecule has 1 aromatic carbocycles. The van der Waals surface area contributed by atoms with Crippen molar-refractivity contribution in [2.75, 3.05) is 47.2 Å². The number of carbonyl (C=O) groups excluding carboxylic acids is 2. The van der Waals surface area contributed by atoms with Crippen LogP contribution in [0.2, 0.25) is 0 Å². The highest BCUT2D eigenvalue weighted by Crippen LogP contribution is 2.36. The number of nitrogens with one attached hydrogen (secondary N) is 1. The normalized spacial score (nSPS) is 19.8. The van der Waals surface area contributed by atoms with Crippen LogP contribution in [0.15, 0.2) is 18.2 Å². The fraction of sp³-hybridized carbons (Fsp3) is 0.636. The summed E-state index contributed by atoms with van der Waals surface area (Å²) >= 11 is 0. The number of carbonyl (C=O) groups is 2. The van der Waals surface area contributed by atoms with Crippen LogP contribution >= 0.6 is 0 Å². The van der Waals surface area contributed by atoms with E-state index in [-0.39, 0.29) is 30.5 Å². The second kappa shape index (κ2) is 10.7. The lowest BCUT2D eigenvalue weighted by atomic mass is 10.0. The minimum Gasteiger partial charge on any atom is -0.493 e. The first kappa shape index (κ1) is 22.5. The molecule has 2 amide bonds. The van der Waals surface area contributed by atoms with Gasteiger partial charge in [-0.05, 0) is 37.5 Å². The average Bonchev–Trinajstić information content (AvgIpc) is 3.61. The highest BCUT2D eigenvalue weighted by Gasteiger charge is 2.40. The van der Waals surface area contributed by atoms with Crippen LogP contribution in [0, 0.1) is 0 Å². The maximum Gasteiger partial charge on any atom is 0.254 e. The van der Waals surface area contributed by atoms with Gasteiger partial charge in [0.15, 0.2) is 6.10 Å². The molecule has 2 aliphatic rings.